The first-order valence-corrected chi connectivity index (χ1v) is 4.04. The van der Waals surface area contributed by atoms with E-state index in [2.05, 4.69) is 5.32 Å². The first-order chi connectivity index (χ1) is 4.79. The van der Waals surface area contributed by atoms with E-state index in [-0.39, 0.29) is 0 Å². The molecule has 0 saturated carbocycles. The molecule has 1 heterocycles. The molecular weight excluding hydrogens is 126 g/mol. The Morgan fingerprint density at radius 2 is 2.10 bits per heavy atom. The van der Waals surface area contributed by atoms with Crippen molar-refractivity contribution in [2.75, 3.05) is 6.54 Å². The molecule has 2 heteroatoms. The molecule has 1 fully saturated rings. The Labute approximate surface area is 63.0 Å². The Bertz CT molecular complexity index is 101. The van der Waals surface area contributed by atoms with E-state index in [0.29, 0.717) is 11.8 Å². The number of nitrogens with one attached hydrogen (secondary N) is 1. The van der Waals surface area contributed by atoms with Crippen LogP contribution in [-0.4, -0.2) is 18.4 Å². The molecule has 0 spiro atoms. The minimum Gasteiger partial charge on any atom is -0.313 e. The number of carbonyl (C=O) groups excluding carboxylic acids is 1. The second-order valence-electron chi connectivity index (χ2n) is 2.35. The van der Waals surface area contributed by atoms with E-state index in [0.717, 1.165) is 19.4 Å². The highest BCUT2D eigenvalue weighted by atomic mass is 16.1. The minimum atomic E-state index is 0.399. The van der Waals surface area contributed by atoms with E-state index in [1.165, 1.54) is 0 Å². The van der Waals surface area contributed by atoms with Gasteiger partial charge in [-0.25, -0.2) is 0 Å². The monoisotopic (exact) mass is 143 g/mol. The molecule has 1 saturated heterocycles. The number of Topliss-reactive ketones (excluding diaryl/α,β-unsaturated/α-hetero) is 1. The van der Waals surface area contributed by atoms with Gasteiger partial charge < -0.3 is 5.32 Å². The predicted octanol–water partition coefficient (Wildman–Crippen LogP) is 1.35. The van der Waals surface area contributed by atoms with Gasteiger partial charge in [0.2, 0.25) is 0 Å². The van der Waals surface area contributed by atoms with Crippen molar-refractivity contribution in [1.82, 2.24) is 5.32 Å². The molecule has 0 aromatic heterocycles. The molecule has 1 unspecified atom stereocenters. The molecule has 0 bridgehead atoms. The molecule has 0 radical (unpaired) electrons. The van der Waals surface area contributed by atoms with Crippen molar-refractivity contribution in [1.29, 1.82) is 0 Å². The molecule has 0 aromatic carbocycles. The van der Waals surface area contributed by atoms with Crippen LogP contribution in [0, 0.1) is 0 Å². The fraction of sp³-hybridized carbons (Fsp3) is 0.875. The number of ketones is 1. The predicted molar refractivity (Wildman–Crippen MR) is 43.1 cm³/mol. The maximum Gasteiger partial charge on any atom is 0.135 e. The number of carbonyl (C=O) groups is 1. The Balaban J connectivity index is 0.000000371. The first-order valence-electron chi connectivity index (χ1n) is 4.04. The lowest BCUT2D eigenvalue weighted by molar-refractivity contribution is -0.120. The lowest BCUT2D eigenvalue weighted by Gasteiger charge is -2.17. The zero-order chi connectivity index (χ0) is 7.98. The lowest BCUT2D eigenvalue weighted by atomic mass is 10.1. The van der Waals surface area contributed by atoms with Crippen LogP contribution in [-0.2, 0) is 4.79 Å². The minimum absolute atomic E-state index is 0.399. The zero-order valence-electron chi connectivity index (χ0n) is 7.11. The summed E-state index contributed by atoms with van der Waals surface area (Å²) in [5.41, 5.74) is 0. The van der Waals surface area contributed by atoms with Gasteiger partial charge in [0.25, 0.3) is 0 Å². The summed E-state index contributed by atoms with van der Waals surface area (Å²) in [6, 6.07) is 0.413. The zero-order valence-corrected chi connectivity index (χ0v) is 7.11. The van der Waals surface area contributed by atoms with Gasteiger partial charge in [-0.3, -0.25) is 4.79 Å². The lowest BCUT2D eigenvalue weighted by Crippen LogP contribution is -2.35. The summed E-state index contributed by atoms with van der Waals surface area (Å²) in [6.45, 7) is 6.91. The third kappa shape index (κ3) is 3.62. The summed E-state index contributed by atoms with van der Waals surface area (Å²) in [5, 5.41) is 3.19. The largest absolute Gasteiger partial charge is 0.313 e. The summed E-state index contributed by atoms with van der Waals surface area (Å²) in [6.07, 6.45) is 1.45. The van der Waals surface area contributed by atoms with E-state index in [1.54, 1.807) is 0 Å². The molecule has 1 atom stereocenters. The summed E-state index contributed by atoms with van der Waals surface area (Å²) in [5.74, 6) is 0.399. The second-order valence-corrected chi connectivity index (χ2v) is 2.35. The Morgan fingerprint density at radius 1 is 1.50 bits per heavy atom. The van der Waals surface area contributed by atoms with Gasteiger partial charge in [0.15, 0.2) is 0 Å². The van der Waals surface area contributed by atoms with Crippen LogP contribution >= 0.6 is 0 Å². The third-order valence-electron chi connectivity index (χ3n) is 1.43. The fourth-order valence-corrected chi connectivity index (χ4v) is 0.974. The smallest absolute Gasteiger partial charge is 0.135 e. The van der Waals surface area contributed by atoms with E-state index < -0.39 is 0 Å². The average molecular weight is 143 g/mol. The van der Waals surface area contributed by atoms with Crippen LogP contribution in [0.4, 0.5) is 0 Å². The quantitative estimate of drug-likeness (QED) is 0.554. The molecule has 1 N–H and O–H groups in total. The Morgan fingerprint density at radius 3 is 2.40 bits per heavy atom. The van der Waals surface area contributed by atoms with Crippen LogP contribution in [0.1, 0.15) is 33.6 Å². The van der Waals surface area contributed by atoms with Crippen LogP contribution in [0.2, 0.25) is 0 Å². The van der Waals surface area contributed by atoms with Crippen LogP contribution in [0.3, 0.4) is 0 Å². The van der Waals surface area contributed by atoms with Crippen LogP contribution in [0.25, 0.3) is 0 Å². The van der Waals surface area contributed by atoms with E-state index >= 15 is 0 Å². The van der Waals surface area contributed by atoms with E-state index in [1.807, 2.05) is 20.8 Å². The van der Waals surface area contributed by atoms with Gasteiger partial charge >= 0.3 is 0 Å². The number of hydrogen-bond donors (Lipinski definition) is 1. The van der Waals surface area contributed by atoms with E-state index in [4.69, 9.17) is 0 Å². The molecule has 10 heavy (non-hydrogen) atoms. The van der Waals surface area contributed by atoms with E-state index in [9.17, 15) is 4.79 Å². The highest BCUT2D eigenvalue weighted by Gasteiger charge is 2.13. The molecule has 0 aromatic rings. The fourth-order valence-electron chi connectivity index (χ4n) is 0.974. The van der Waals surface area contributed by atoms with Crippen molar-refractivity contribution < 1.29 is 4.79 Å². The topological polar surface area (TPSA) is 29.1 Å². The highest BCUT2D eigenvalue weighted by Crippen LogP contribution is 2.00. The number of hydrogen-bond acceptors (Lipinski definition) is 2. The molecule has 1 rings (SSSR count). The maximum absolute atomic E-state index is 10.6. The van der Waals surface area contributed by atoms with Crippen molar-refractivity contribution >= 4 is 5.78 Å². The van der Waals surface area contributed by atoms with Crippen LogP contribution < -0.4 is 5.32 Å². The molecular formula is C8H17NO. The van der Waals surface area contributed by atoms with Crippen LogP contribution in [0.5, 0.6) is 0 Å². The van der Waals surface area contributed by atoms with Gasteiger partial charge in [-0.05, 0) is 6.92 Å². The van der Waals surface area contributed by atoms with Crippen molar-refractivity contribution in [3.8, 4) is 0 Å². The second kappa shape index (κ2) is 5.42. The molecule has 0 amide bonds. The number of rotatable bonds is 0. The van der Waals surface area contributed by atoms with Gasteiger partial charge in [-0.2, -0.15) is 0 Å². The average Bonchev–Trinajstić information content (AvgIpc) is 1.91. The number of piperidine rings is 1. The van der Waals surface area contributed by atoms with Crippen LogP contribution in [0.15, 0.2) is 0 Å². The molecule has 1 aliphatic rings. The SMILES string of the molecule is CC.CC1CC(=O)CCN1. The normalized spacial score (nSPS) is 25.1. The van der Waals surface area contributed by atoms with Gasteiger partial charge in [0.05, 0.1) is 0 Å². The summed E-state index contributed by atoms with van der Waals surface area (Å²) in [4.78, 5) is 10.6. The standard InChI is InChI=1S/C6H11NO.C2H6/c1-5-4-6(8)2-3-7-5;1-2/h5,7H,2-4H2,1H3;1-2H3. The van der Waals surface area contributed by atoms with Gasteiger partial charge in [0.1, 0.15) is 5.78 Å². The third-order valence-corrected chi connectivity index (χ3v) is 1.43. The van der Waals surface area contributed by atoms with Gasteiger partial charge in [-0.15, -0.1) is 0 Å². The molecule has 1 aliphatic heterocycles. The summed E-state index contributed by atoms with van der Waals surface area (Å²) in [7, 11) is 0. The molecule has 60 valence electrons. The highest BCUT2D eigenvalue weighted by molar-refractivity contribution is 5.79. The maximum atomic E-state index is 10.6. The van der Waals surface area contributed by atoms with Crippen molar-refractivity contribution in [2.24, 2.45) is 0 Å². The summed E-state index contributed by atoms with van der Waals surface area (Å²) >= 11 is 0. The van der Waals surface area contributed by atoms with Crippen molar-refractivity contribution in [3.05, 3.63) is 0 Å². The van der Waals surface area contributed by atoms with Crippen molar-refractivity contribution in [2.45, 2.75) is 39.7 Å². The van der Waals surface area contributed by atoms with Gasteiger partial charge in [-0.1, -0.05) is 13.8 Å². The van der Waals surface area contributed by atoms with Crippen molar-refractivity contribution in [3.63, 3.8) is 0 Å². The molecule has 2 nitrogen and oxygen atoms in total. The Kier molecular flexibility index (Phi) is 5.22. The summed E-state index contributed by atoms with van der Waals surface area (Å²) < 4.78 is 0. The van der Waals surface area contributed by atoms with Gasteiger partial charge in [0, 0.05) is 25.4 Å². The first kappa shape index (κ1) is 9.63. The molecule has 0 aliphatic carbocycles. The Hall–Kier alpha value is -0.370.